The first kappa shape index (κ1) is 30.4. The van der Waals surface area contributed by atoms with Gasteiger partial charge in [0.1, 0.15) is 0 Å². The van der Waals surface area contributed by atoms with Crippen LogP contribution in [0.1, 0.15) is 49.9 Å². The second-order valence-corrected chi connectivity index (χ2v) is 17.2. The Morgan fingerprint density at radius 2 is 1.19 bits per heavy atom. The van der Waals surface area contributed by atoms with Crippen molar-refractivity contribution in [3.63, 3.8) is 0 Å². The SMILES string of the molecule is CC1(C)c2ccccc2-c2ccc(-c3nc(-n4c5ccccc5c5cc6c7c(ccc6cc54)C(C)(C)c4ccccc4-7)nc4c3sc3ccccc34)cc21. The summed E-state index contributed by atoms with van der Waals surface area (Å²) in [5.74, 6) is 0.697. The van der Waals surface area contributed by atoms with Crippen molar-refractivity contribution < 1.29 is 0 Å². The largest absolute Gasteiger partial charge is 0.278 e. The molecule has 0 unspecified atom stereocenters. The van der Waals surface area contributed by atoms with Gasteiger partial charge in [0.25, 0.3) is 0 Å². The number of benzene rings is 7. The van der Waals surface area contributed by atoms with Gasteiger partial charge in [-0.25, -0.2) is 9.97 Å². The van der Waals surface area contributed by atoms with Crippen LogP contribution in [-0.2, 0) is 10.8 Å². The smallest absolute Gasteiger partial charge is 0.235 e. The molecule has 256 valence electrons. The average Bonchev–Trinajstić information content (AvgIpc) is 3.87. The third-order valence-corrected chi connectivity index (χ3v) is 13.8. The van der Waals surface area contributed by atoms with Crippen molar-refractivity contribution in [2.45, 2.75) is 38.5 Å². The molecule has 0 atom stereocenters. The maximum Gasteiger partial charge on any atom is 0.235 e. The third kappa shape index (κ3) is 3.81. The highest BCUT2D eigenvalue weighted by Crippen LogP contribution is 2.53. The Bertz CT molecular complexity index is 3280. The minimum Gasteiger partial charge on any atom is -0.278 e. The molecule has 7 aromatic carbocycles. The van der Waals surface area contributed by atoms with Gasteiger partial charge in [0.05, 0.1) is 26.9 Å². The maximum atomic E-state index is 5.58. The zero-order chi connectivity index (χ0) is 36.1. The topological polar surface area (TPSA) is 30.7 Å². The molecule has 54 heavy (non-hydrogen) atoms. The Morgan fingerprint density at radius 3 is 2.04 bits per heavy atom. The van der Waals surface area contributed by atoms with Gasteiger partial charge in [-0.3, -0.25) is 4.57 Å². The minimum absolute atomic E-state index is 0.0540. The highest BCUT2D eigenvalue weighted by atomic mass is 32.1. The Balaban J connectivity index is 1.15. The Hall–Kier alpha value is -6.10. The molecule has 3 nitrogen and oxygen atoms in total. The zero-order valence-electron chi connectivity index (χ0n) is 30.5. The second-order valence-electron chi connectivity index (χ2n) is 16.2. The lowest BCUT2D eigenvalue weighted by Gasteiger charge is -2.22. The summed E-state index contributed by atoms with van der Waals surface area (Å²) >= 11 is 1.79. The lowest BCUT2D eigenvalue weighted by molar-refractivity contribution is 0.660. The number of rotatable bonds is 2. The van der Waals surface area contributed by atoms with Crippen LogP contribution >= 0.6 is 11.3 Å². The molecule has 3 heterocycles. The Kier molecular flexibility index (Phi) is 5.80. The van der Waals surface area contributed by atoms with Gasteiger partial charge in [-0.15, -0.1) is 11.3 Å². The first-order valence-electron chi connectivity index (χ1n) is 18.8. The van der Waals surface area contributed by atoms with Gasteiger partial charge in [0.15, 0.2) is 0 Å². The van der Waals surface area contributed by atoms with Crippen molar-refractivity contribution in [3.8, 4) is 39.5 Å². The summed E-state index contributed by atoms with van der Waals surface area (Å²) in [6.45, 7) is 9.40. The van der Waals surface area contributed by atoms with E-state index in [1.165, 1.54) is 76.1 Å². The summed E-state index contributed by atoms with van der Waals surface area (Å²) in [7, 11) is 0. The highest BCUT2D eigenvalue weighted by molar-refractivity contribution is 7.26. The van der Waals surface area contributed by atoms with Crippen molar-refractivity contribution in [3.05, 3.63) is 162 Å². The minimum atomic E-state index is -0.110. The maximum absolute atomic E-state index is 5.58. The van der Waals surface area contributed by atoms with Crippen molar-refractivity contribution in [2.75, 3.05) is 0 Å². The summed E-state index contributed by atoms with van der Waals surface area (Å²) in [5, 5.41) is 6.10. The average molecular weight is 710 g/mol. The Labute approximate surface area is 317 Å². The van der Waals surface area contributed by atoms with Crippen LogP contribution < -0.4 is 0 Å². The second kappa shape index (κ2) is 10.3. The fraction of sp³-hybridized carbons (Fsp3) is 0.120. The molecule has 0 saturated heterocycles. The number of fused-ring (bicyclic) bond motifs is 14. The van der Waals surface area contributed by atoms with E-state index in [0.29, 0.717) is 5.95 Å². The standard InChI is InChI=1S/C50H35N3S/c1-49(2)38-18-10-6-15-33(38)44-35-27-36-32-14-7-11-19-41(32)53(42(36)26-28(35)22-24-39(44)49)48-51-45(47-46(52-48)34-16-8-12-20-43(34)54-47)29-21-23-31-30-13-5-9-17-37(30)50(3,4)40(31)25-29/h5-27H,1-4H3. The van der Waals surface area contributed by atoms with Gasteiger partial charge in [-0.05, 0) is 85.6 Å². The van der Waals surface area contributed by atoms with Gasteiger partial charge < -0.3 is 0 Å². The van der Waals surface area contributed by atoms with Crippen LogP contribution in [0.25, 0.3) is 92.3 Å². The molecule has 2 aliphatic rings. The van der Waals surface area contributed by atoms with Crippen LogP contribution in [0.2, 0.25) is 0 Å². The van der Waals surface area contributed by atoms with Gasteiger partial charge in [0.2, 0.25) is 5.95 Å². The van der Waals surface area contributed by atoms with Crippen LogP contribution in [0, 0.1) is 0 Å². The molecule has 0 fully saturated rings. The predicted octanol–water partition coefficient (Wildman–Crippen LogP) is 13.4. The van der Waals surface area contributed by atoms with E-state index in [1.54, 1.807) is 11.3 Å². The van der Waals surface area contributed by atoms with E-state index in [0.717, 1.165) is 32.5 Å². The molecule has 0 spiro atoms. The van der Waals surface area contributed by atoms with E-state index in [9.17, 15) is 0 Å². The first-order chi connectivity index (χ1) is 26.3. The monoisotopic (exact) mass is 709 g/mol. The predicted molar refractivity (Wildman–Crippen MR) is 227 cm³/mol. The highest BCUT2D eigenvalue weighted by Gasteiger charge is 2.37. The fourth-order valence-electron chi connectivity index (χ4n) is 9.93. The molecule has 0 bridgehead atoms. The van der Waals surface area contributed by atoms with E-state index < -0.39 is 0 Å². The van der Waals surface area contributed by atoms with Crippen molar-refractivity contribution in [1.82, 2.24) is 14.5 Å². The van der Waals surface area contributed by atoms with Crippen LogP contribution in [0.3, 0.4) is 0 Å². The molecule has 0 saturated carbocycles. The zero-order valence-corrected chi connectivity index (χ0v) is 31.3. The number of aromatic nitrogens is 3. The fourth-order valence-corrected chi connectivity index (χ4v) is 11.1. The molecule has 0 radical (unpaired) electrons. The van der Waals surface area contributed by atoms with Crippen LogP contribution in [0.5, 0.6) is 0 Å². The number of hydrogen-bond acceptors (Lipinski definition) is 3. The van der Waals surface area contributed by atoms with Crippen LogP contribution in [0.4, 0.5) is 0 Å². The third-order valence-electron chi connectivity index (χ3n) is 12.6. The van der Waals surface area contributed by atoms with E-state index in [1.807, 2.05) is 0 Å². The molecular weight excluding hydrogens is 675 g/mol. The molecule has 0 N–H and O–H groups in total. The quantitative estimate of drug-likeness (QED) is 0.179. The number of thiophene rings is 1. The molecular formula is C50H35N3S. The summed E-state index contributed by atoms with van der Waals surface area (Å²) in [5.41, 5.74) is 16.0. The molecule has 4 heteroatoms. The summed E-state index contributed by atoms with van der Waals surface area (Å²) in [6, 6.07) is 51.6. The van der Waals surface area contributed by atoms with E-state index in [2.05, 4.69) is 172 Å². The van der Waals surface area contributed by atoms with E-state index in [4.69, 9.17) is 9.97 Å². The molecule has 0 aliphatic heterocycles. The Morgan fingerprint density at radius 1 is 0.500 bits per heavy atom. The molecule has 3 aromatic heterocycles. The number of para-hydroxylation sites is 1. The molecule has 0 amide bonds. The lowest BCUT2D eigenvalue weighted by Crippen LogP contribution is -2.15. The van der Waals surface area contributed by atoms with Crippen LogP contribution in [-0.4, -0.2) is 14.5 Å². The number of hydrogen-bond donors (Lipinski definition) is 0. The lowest BCUT2D eigenvalue weighted by atomic mass is 9.82. The van der Waals surface area contributed by atoms with Crippen molar-refractivity contribution in [2.24, 2.45) is 0 Å². The van der Waals surface area contributed by atoms with Gasteiger partial charge in [-0.1, -0.05) is 137 Å². The van der Waals surface area contributed by atoms with Gasteiger partial charge in [-0.2, -0.15) is 0 Å². The van der Waals surface area contributed by atoms with E-state index >= 15 is 0 Å². The summed E-state index contributed by atoms with van der Waals surface area (Å²) in [4.78, 5) is 11.1. The van der Waals surface area contributed by atoms with Crippen molar-refractivity contribution in [1.29, 1.82) is 0 Å². The molecule has 12 rings (SSSR count). The molecule has 10 aromatic rings. The summed E-state index contributed by atoms with van der Waals surface area (Å²) in [6.07, 6.45) is 0. The normalized spacial score (nSPS) is 15.0. The summed E-state index contributed by atoms with van der Waals surface area (Å²) < 4.78 is 4.65. The first-order valence-corrected chi connectivity index (χ1v) is 19.7. The van der Waals surface area contributed by atoms with Crippen LogP contribution in [0.15, 0.2) is 140 Å². The van der Waals surface area contributed by atoms with Gasteiger partial charge >= 0.3 is 0 Å². The number of nitrogens with zero attached hydrogens (tertiary/aromatic N) is 3. The van der Waals surface area contributed by atoms with Gasteiger partial charge in [0, 0.05) is 37.3 Å². The van der Waals surface area contributed by atoms with E-state index in [-0.39, 0.29) is 10.8 Å². The molecule has 2 aliphatic carbocycles. The van der Waals surface area contributed by atoms with Crippen molar-refractivity contribution >= 4 is 64.2 Å².